The highest BCUT2D eigenvalue weighted by Gasteiger charge is 2.39. The average molecular weight is 342 g/mol. The minimum atomic E-state index is -4.54. The van der Waals surface area contributed by atoms with Crippen LogP contribution in [0, 0.1) is 0 Å². The molecule has 1 aromatic heterocycles. The molecule has 1 saturated heterocycles. The zero-order valence-corrected chi connectivity index (χ0v) is 11.7. The van der Waals surface area contributed by atoms with E-state index < -0.39 is 12.3 Å². The average Bonchev–Trinajstić information content (AvgIpc) is 2.75. The van der Waals surface area contributed by atoms with Crippen molar-refractivity contribution in [3.05, 3.63) is 16.9 Å². The molecule has 1 atom stereocenters. The van der Waals surface area contributed by atoms with Gasteiger partial charge in [-0.1, -0.05) is 0 Å². The first-order valence-corrected chi connectivity index (χ1v) is 6.82. The van der Waals surface area contributed by atoms with Crippen molar-refractivity contribution >= 4 is 15.9 Å². The maximum absolute atomic E-state index is 12.3. The number of aromatic nitrogens is 2. The molecule has 2 rings (SSSR count). The highest BCUT2D eigenvalue weighted by atomic mass is 79.9. The van der Waals surface area contributed by atoms with E-state index in [2.05, 4.69) is 21.0 Å². The van der Waals surface area contributed by atoms with Crippen LogP contribution in [-0.2, 0) is 0 Å². The number of hydrogen-bond acceptors (Lipinski definition) is 3. The van der Waals surface area contributed by atoms with Crippen molar-refractivity contribution in [2.24, 2.45) is 0 Å². The van der Waals surface area contributed by atoms with E-state index in [0.717, 1.165) is 17.3 Å². The third kappa shape index (κ3) is 3.93. The molecule has 0 radical (unpaired) electrons. The van der Waals surface area contributed by atoms with Crippen molar-refractivity contribution in [1.82, 2.24) is 14.7 Å². The Morgan fingerprint density at radius 3 is 2.53 bits per heavy atom. The Hall–Kier alpha value is -0.600. The van der Waals surface area contributed by atoms with Gasteiger partial charge in [0, 0.05) is 25.8 Å². The van der Waals surface area contributed by atoms with E-state index >= 15 is 0 Å². The zero-order chi connectivity index (χ0) is 14.0. The van der Waals surface area contributed by atoms with Gasteiger partial charge in [-0.05, 0) is 28.8 Å². The number of halogens is 4. The molecule has 0 aliphatic carbocycles. The van der Waals surface area contributed by atoms with Gasteiger partial charge in [-0.25, -0.2) is 0 Å². The second kappa shape index (κ2) is 5.80. The molecule has 0 aromatic carbocycles. The van der Waals surface area contributed by atoms with Crippen LogP contribution in [0.5, 0.6) is 0 Å². The van der Waals surface area contributed by atoms with Crippen molar-refractivity contribution < 1.29 is 18.3 Å². The number of rotatable bonds is 3. The second-order valence-corrected chi connectivity index (χ2v) is 5.64. The molecule has 1 N–H and O–H groups in total. The molecule has 0 saturated carbocycles. The molecular formula is C11H15BrF3N3O. The SMILES string of the molecule is O[C@@H](CN1CCC(n2cc(Br)cn2)CC1)C(F)(F)F. The molecule has 108 valence electrons. The highest BCUT2D eigenvalue weighted by Crippen LogP contribution is 2.25. The number of hydrogen-bond donors (Lipinski definition) is 1. The summed E-state index contributed by atoms with van der Waals surface area (Å²) < 4.78 is 39.5. The second-order valence-electron chi connectivity index (χ2n) is 4.73. The number of likely N-dealkylation sites (tertiary alicyclic amines) is 1. The summed E-state index contributed by atoms with van der Waals surface area (Å²) in [5, 5.41) is 13.2. The number of aliphatic hydroxyl groups excluding tert-OH is 1. The number of nitrogens with zero attached hydrogens (tertiary/aromatic N) is 3. The molecule has 0 bridgehead atoms. The van der Waals surface area contributed by atoms with E-state index in [1.807, 2.05) is 10.9 Å². The van der Waals surface area contributed by atoms with Gasteiger partial charge in [-0.15, -0.1) is 0 Å². The van der Waals surface area contributed by atoms with Crippen molar-refractivity contribution in [3.63, 3.8) is 0 Å². The standard InChI is InChI=1S/C11H15BrF3N3O/c12-8-5-16-18(6-8)9-1-3-17(4-2-9)7-10(19)11(13,14)15/h5-6,9-10,19H,1-4,7H2/t10-/m0/s1. The van der Waals surface area contributed by atoms with Gasteiger partial charge >= 0.3 is 6.18 Å². The number of aliphatic hydroxyl groups is 1. The monoisotopic (exact) mass is 341 g/mol. The van der Waals surface area contributed by atoms with E-state index in [1.165, 1.54) is 0 Å². The molecule has 2 heterocycles. The first kappa shape index (κ1) is 14.8. The fourth-order valence-corrected chi connectivity index (χ4v) is 2.53. The Balaban J connectivity index is 1.83. The maximum atomic E-state index is 12.3. The molecule has 4 nitrogen and oxygen atoms in total. The summed E-state index contributed by atoms with van der Waals surface area (Å²) in [6.45, 7) is 0.726. The molecule has 1 aromatic rings. The van der Waals surface area contributed by atoms with Crippen molar-refractivity contribution in [1.29, 1.82) is 0 Å². The summed E-state index contributed by atoms with van der Waals surface area (Å²) in [6.07, 6.45) is -1.77. The molecule has 0 spiro atoms. The molecule has 0 unspecified atom stereocenters. The zero-order valence-electron chi connectivity index (χ0n) is 10.1. The Bertz CT molecular complexity index is 416. The topological polar surface area (TPSA) is 41.3 Å². The van der Waals surface area contributed by atoms with Crippen LogP contribution < -0.4 is 0 Å². The maximum Gasteiger partial charge on any atom is 0.415 e. The smallest absolute Gasteiger partial charge is 0.382 e. The number of β-amino-alcohol motifs (C(OH)–C–C–N with tert-alkyl or cyclic N) is 1. The van der Waals surface area contributed by atoms with Crippen molar-refractivity contribution in [2.75, 3.05) is 19.6 Å². The van der Waals surface area contributed by atoms with Crippen LogP contribution in [0.15, 0.2) is 16.9 Å². The van der Waals surface area contributed by atoms with Gasteiger partial charge in [0.2, 0.25) is 0 Å². The van der Waals surface area contributed by atoms with E-state index in [-0.39, 0.29) is 12.6 Å². The molecule has 8 heteroatoms. The van der Waals surface area contributed by atoms with Crippen LogP contribution in [0.25, 0.3) is 0 Å². The van der Waals surface area contributed by atoms with Crippen LogP contribution in [0.1, 0.15) is 18.9 Å². The Morgan fingerprint density at radius 1 is 1.42 bits per heavy atom. The lowest BCUT2D eigenvalue weighted by Gasteiger charge is -2.33. The van der Waals surface area contributed by atoms with Gasteiger partial charge in [-0.2, -0.15) is 18.3 Å². The summed E-state index contributed by atoms with van der Waals surface area (Å²) in [4.78, 5) is 1.65. The van der Waals surface area contributed by atoms with Gasteiger partial charge in [0.25, 0.3) is 0 Å². The van der Waals surface area contributed by atoms with Gasteiger partial charge in [0.1, 0.15) is 0 Å². The quantitative estimate of drug-likeness (QED) is 0.916. The Kier molecular flexibility index (Phi) is 4.52. The van der Waals surface area contributed by atoms with Crippen molar-refractivity contribution in [3.8, 4) is 0 Å². The summed E-state index contributed by atoms with van der Waals surface area (Å²) in [5.41, 5.74) is 0. The minimum absolute atomic E-state index is 0.213. The highest BCUT2D eigenvalue weighted by molar-refractivity contribution is 9.10. The predicted molar refractivity (Wildman–Crippen MR) is 66.7 cm³/mol. The largest absolute Gasteiger partial charge is 0.415 e. The molecule has 0 amide bonds. The normalized spacial score (nSPS) is 20.7. The molecular weight excluding hydrogens is 327 g/mol. The predicted octanol–water partition coefficient (Wildman–Crippen LogP) is 2.21. The summed E-state index contributed by atoms with van der Waals surface area (Å²) in [6, 6.07) is 0.213. The van der Waals surface area contributed by atoms with E-state index in [1.54, 1.807) is 11.1 Å². The van der Waals surface area contributed by atoms with Gasteiger partial charge in [0.05, 0.1) is 16.7 Å². The third-order valence-corrected chi connectivity index (χ3v) is 3.72. The van der Waals surface area contributed by atoms with Gasteiger partial charge < -0.3 is 10.0 Å². The van der Waals surface area contributed by atoms with Gasteiger partial charge in [0.15, 0.2) is 6.10 Å². The van der Waals surface area contributed by atoms with E-state index in [4.69, 9.17) is 5.11 Å². The Morgan fingerprint density at radius 2 is 2.05 bits per heavy atom. The fourth-order valence-electron chi connectivity index (χ4n) is 2.23. The van der Waals surface area contributed by atoms with Crippen LogP contribution in [-0.4, -0.2) is 51.7 Å². The summed E-state index contributed by atoms with van der Waals surface area (Å²) in [5.74, 6) is 0. The molecule has 1 fully saturated rings. The molecule has 1 aliphatic rings. The lowest BCUT2D eigenvalue weighted by atomic mass is 10.0. The summed E-state index contributed by atoms with van der Waals surface area (Å²) in [7, 11) is 0. The first-order chi connectivity index (χ1) is 8.86. The molecule has 19 heavy (non-hydrogen) atoms. The number of piperidine rings is 1. The third-order valence-electron chi connectivity index (χ3n) is 3.31. The van der Waals surface area contributed by atoms with Gasteiger partial charge in [-0.3, -0.25) is 4.68 Å². The van der Waals surface area contributed by atoms with Crippen LogP contribution in [0.2, 0.25) is 0 Å². The van der Waals surface area contributed by atoms with E-state index in [9.17, 15) is 13.2 Å². The van der Waals surface area contributed by atoms with E-state index in [0.29, 0.717) is 13.1 Å². The van der Waals surface area contributed by atoms with Crippen molar-refractivity contribution in [2.45, 2.75) is 31.2 Å². The van der Waals surface area contributed by atoms with Crippen LogP contribution in [0.4, 0.5) is 13.2 Å². The fraction of sp³-hybridized carbons (Fsp3) is 0.727. The molecule has 1 aliphatic heterocycles. The first-order valence-electron chi connectivity index (χ1n) is 6.03. The van der Waals surface area contributed by atoms with Crippen LogP contribution >= 0.6 is 15.9 Å². The minimum Gasteiger partial charge on any atom is -0.382 e. The number of alkyl halides is 3. The van der Waals surface area contributed by atoms with Crippen LogP contribution in [0.3, 0.4) is 0 Å². The lowest BCUT2D eigenvalue weighted by Crippen LogP contribution is -2.44. The summed E-state index contributed by atoms with van der Waals surface area (Å²) >= 11 is 3.31. The lowest BCUT2D eigenvalue weighted by molar-refractivity contribution is -0.208. The Labute approximate surface area is 117 Å².